The Bertz CT molecular complexity index is 553. The second kappa shape index (κ2) is 7.64. The van der Waals surface area contributed by atoms with Crippen molar-refractivity contribution in [2.24, 2.45) is 0 Å². The maximum atomic E-state index is 12.3. The molecule has 1 aliphatic rings. The van der Waals surface area contributed by atoms with Gasteiger partial charge in [-0.05, 0) is 18.1 Å². The number of rotatable bonds is 5. The van der Waals surface area contributed by atoms with Gasteiger partial charge in [0.1, 0.15) is 6.61 Å². The van der Waals surface area contributed by atoms with E-state index in [-0.39, 0.29) is 6.61 Å². The van der Waals surface area contributed by atoms with Crippen molar-refractivity contribution < 1.29 is 19.1 Å². The fraction of sp³-hybridized carbons (Fsp3) is 0.412. The third-order valence-corrected chi connectivity index (χ3v) is 3.56. The summed E-state index contributed by atoms with van der Waals surface area (Å²) >= 11 is 0. The zero-order valence-electron chi connectivity index (χ0n) is 13.0. The van der Waals surface area contributed by atoms with Gasteiger partial charge in [0, 0.05) is 6.54 Å². The number of nitrogens with zero attached hydrogens (tertiary/aromatic N) is 1. The summed E-state index contributed by atoms with van der Waals surface area (Å²) in [5.74, 6) is -0.442. The summed E-state index contributed by atoms with van der Waals surface area (Å²) in [6, 6.07) is 8.76. The predicted octanol–water partition coefficient (Wildman–Crippen LogP) is 2.91. The molecule has 1 aliphatic heterocycles. The summed E-state index contributed by atoms with van der Waals surface area (Å²) in [4.78, 5) is 25.5. The highest BCUT2D eigenvalue weighted by molar-refractivity contribution is 5.84. The summed E-state index contributed by atoms with van der Waals surface area (Å²) in [6.07, 6.45) is 3.13. The van der Waals surface area contributed by atoms with E-state index in [4.69, 9.17) is 9.47 Å². The number of carbonyl (C=O) groups excluding carboxylic acids is 2. The summed E-state index contributed by atoms with van der Waals surface area (Å²) in [7, 11) is 1.32. The summed E-state index contributed by atoms with van der Waals surface area (Å²) in [5.41, 5.74) is 1.97. The van der Waals surface area contributed by atoms with Gasteiger partial charge in [0.15, 0.2) is 6.04 Å². The normalized spacial score (nSPS) is 17.1. The third-order valence-electron chi connectivity index (χ3n) is 3.56. The zero-order chi connectivity index (χ0) is 15.9. The molecule has 1 amide bonds. The zero-order valence-corrected chi connectivity index (χ0v) is 13.0. The molecule has 0 aliphatic carbocycles. The Balaban J connectivity index is 1.99. The molecule has 1 heterocycles. The van der Waals surface area contributed by atoms with Gasteiger partial charge < -0.3 is 9.47 Å². The van der Waals surface area contributed by atoms with Crippen LogP contribution in [0.4, 0.5) is 4.79 Å². The molecule has 118 valence electrons. The lowest BCUT2D eigenvalue weighted by molar-refractivity contribution is -0.144. The molecule has 22 heavy (non-hydrogen) atoms. The fourth-order valence-electron chi connectivity index (χ4n) is 2.46. The minimum Gasteiger partial charge on any atom is -0.467 e. The van der Waals surface area contributed by atoms with Crippen molar-refractivity contribution in [3.63, 3.8) is 0 Å². The van der Waals surface area contributed by atoms with Crippen LogP contribution in [-0.4, -0.2) is 36.7 Å². The van der Waals surface area contributed by atoms with Crippen LogP contribution in [0.25, 0.3) is 0 Å². The molecule has 0 radical (unpaired) electrons. The molecule has 2 rings (SSSR count). The van der Waals surface area contributed by atoms with Crippen molar-refractivity contribution in [2.75, 3.05) is 13.7 Å². The lowest BCUT2D eigenvalue weighted by Crippen LogP contribution is -2.41. The Morgan fingerprint density at radius 3 is 2.64 bits per heavy atom. The largest absolute Gasteiger partial charge is 0.467 e. The topological polar surface area (TPSA) is 55.8 Å². The Morgan fingerprint density at radius 2 is 2.00 bits per heavy atom. The molecule has 0 spiro atoms. The molecular formula is C17H21NO4. The quantitative estimate of drug-likeness (QED) is 0.620. The van der Waals surface area contributed by atoms with Crippen molar-refractivity contribution in [1.82, 2.24) is 4.90 Å². The molecule has 0 fully saturated rings. The number of esters is 1. The van der Waals surface area contributed by atoms with Crippen molar-refractivity contribution in [3.05, 3.63) is 47.5 Å². The second-order valence-corrected chi connectivity index (χ2v) is 5.21. The van der Waals surface area contributed by atoms with Gasteiger partial charge in [-0.3, -0.25) is 4.90 Å². The van der Waals surface area contributed by atoms with Gasteiger partial charge in [-0.2, -0.15) is 0 Å². The van der Waals surface area contributed by atoms with Crippen molar-refractivity contribution in [2.45, 2.75) is 32.4 Å². The van der Waals surface area contributed by atoms with E-state index >= 15 is 0 Å². The van der Waals surface area contributed by atoms with Gasteiger partial charge in [0.2, 0.25) is 0 Å². The van der Waals surface area contributed by atoms with Crippen LogP contribution in [0.15, 0.2) is 42.0 Å². The number of benzene rings is 1. The molecule has 1 aromatic carbocycles. The molecular weight excluding hydrogens is 282 g/mol. The van der Waals surface area contributed by atoms with Gasteiger partial charge in [0.25, 0.3) is 0 Å². The average molecular weight is 303 g/mol. The van der Waals surface area contributed by atoms with Crippen LogP contribution in [0.5, 0.6) is 0 Å². The fourth-order valence-corrected chi connectivity index (χ4v) is 2.46. The van der Waals surface area contributed by atoms with E-state index in [1.54, 1.807) is 6.08 Å². The first-order valence-corrected chi connectivity index (χ1v) is 7.40. The van der Waals surface area contributed by atoms with E-state index in [1.165, 1.54) is 12.0 Å². The smallest absolute Gasteiger partial charge is 0.411 e. The predicted molar refractivity (Wildman–Crippen MR) is 82.1 cm³/mol. The van der Waals surface area contributed by atoms with Crippen LogP contribution in [0.3, 0.4) is 0 Å². The summed E-state index contributed by atoms with van der Waals surface area (Å²) in [6.45, 7) is 2.67. The molecule has 1 atom stereocenters. The summed E-state index contributed by atoms with van der Waals surface area (Å²) < 4.78 is 10.1. The number of amides is 1. The SMILES string of the molecule is CCCC1=CC(C(=O)OC)N(C(=O)OCc2ccccc2)C1. The maximum absolute atomic E-state index is 12.3. The molecule has 0 bridgehead atoms. The Kier molecular flexibility index (Phi) is 5.58. The first kappa shape index (κ1) is 16.1. The minimum atomic E-state index is -0.685. The molecule has 0 saturated carbocycles. The van der Waals surface area contributed by atoms with E-state index < -0.39 is 18.1 Å². The molecule has 5 heteroatoms. The highest BCUT2D eigenvalue weighted by atomic mass is 16.6. The van der Waals surface area contributed by atoms with Crippen molar-refractivity contribution >= 4 is 12.1 Å². The summed E-state index contributed by atoms with van der Waals surface area (Å²) in [5, 5.41) is 0. The Hall–Kier alpha value is -2.30. The first-order valence-electron chi connectivity index (χ1n) is 7.40. The monoisotopic (exact) mass is 303 g/mol. The third kappa shape index (κ3) is 3.87. The minimum absolute atomic E-state index is 0.188. The number of hydrogen-bond donors (Lipinski definition) is 0. The van der Waals surface area contributed by atoms with E-state index in [1.807, 2.05) is 30.3 Å². The maximum Gasteiger partial charge on any atom is 0.411 e. The van der Waals surface area contributed by atoms with Crippen LogP contribution < -0.4 is 0 Å². The van der Waals surface area contributed by atoms with E-state index in [0.717, 1.165) is 24.0 Å². The molecule has 5 nitrogen and oxygen atoms in total. The van der Waals surface area contributed by atoms with Crippen LogP contribution in [0, 0.1) is 0 Å². The number of hydrogen-bond acceptors (Lipinski definition) is 4. The van der Waals surface area contributed by atoms with Gasteiger partial charge >= 0.3 is 12.1 Å². The van der Waals surface area contributed by atoms with Crippen LogP contribution in [0.2, 0.25) is 0 Å². The van der Waals surface area contributed by atoms with Crippen molar-refractivity contribution in [3.8, 4) is 0 Å². The Labute approximate surface area is 130 Å². The molecule has 0 N–H and O–H groups in total. The highest BCUT2D eigenvalue weighted by Crippen LogP contribution is 2.22. The lowest BCUT2D eigenvalue weighted by atomic mass is 10.1. The van der Waals surface area contributed by atoms with E-state index in [2.05, 4.69) is 6.92 Å². The number of carbonyl (C=O) groups is 2. The second-order valence-electron chi connectivity index (χ2n) is 5.21. The van der Waals surface area contributed by atoms with Gasteiger partial charge in [-0.15, -0.1) is 0 Å². The van der Waals surface area contributed by atoms with Gasteiger partial charge in [-0.1, -0.05) is 49.2 Å². The molecule has 0 aromatic heterocycles. The van der Waals surface area contributed by atoms with Crippen molar-refractivity contribution in [1.29, 1.82) is 0 Å². The number of methoxy groups -OCH3 is 1. The number of ether oxygens (including phenoxy) is 2. The molecule has 1 aromatic rings. The van der Waals surface area contributed by atoms with Crippen LogP contribution in [0.1, 0.15) is 25.3 Å². The molecule has 1 unspecified atom stereocenters. The van der Waals surface area contributed by atoms with Crippen LogP contribution in [-0.2, 0) is 20.9 Å². The highest BCUT2D eigenvalue weighted by Gasteiger charge is 2.35. The standard InChI is InChI=1S/C17H21NO4/c1-3-7-14-10-15(16(19)21-2)18(11-14)17(20)22-12-13-8-5-4-6-9-13/h4-6,8-10,15H,3,7,11-12H2,1-2H3. The Morgan fingerprint density at radius 1 is 1.27 bits per heavy atom. The van der Waals surface area contributed by atoms with Gasteiger partial charge in [0.05, 0.1) is 7.11 Å². The van der Waals surface area contributed by atoms with Gasteiger partial charge in [-0.25, -0.2) is 9.59 Å². The van der Waals surface area contributed by atoms with E-state index in [0.29, 0.717) is 6.54 Å². The average Bonchev–Trinajstić information content (AvgIpc) is 2.97. The lowest BCUT2D eigenvalue weighted by Gasteiger charge is -2.22. The molecule has 0 saturated heterocycles. The van der Waals surface area contributed by atoms with E-state index in [9.17, 15) is 9.59 Å². The first-order chi connectivity index (χ1) is 10.7. The van der Waals surface area contributed by atoms with Crippen LogP contribution >= 0.6 is 0 Å².